The summed E-state index contributed by atoms with van der Waals surface area (Å²) >= 11 is 0. The van der Waals surface area contributed by atoms with Crippen molar-refractivity contribution in [3.8, 4) is 0 Å². The Morgan fingerprint density at radius 2 is 1.76 bits per heavy atom. The van der Waals surface area contributed by atoms with Gasteiger partial charge < -0.3 is 5.11 Å². The van der Waals surface area contributed by atoms with E-state index in [2.05, 4.69) is 11.8 Å². The van der Waals surface area contributed by atoms with Crippen LogP contribution in [0, 0.1) is 11.8 Å². The van der Waals surface area contributed by atoms with Crippen molar-refractivity contribution in [2.75, 3.05) is 32.2 Å². The summed E-state index contributed by atoms with van der Waals surface area (Å²) in [6.45, 7) is 7.30. The molecule has 1 aliphatic heterocycles. The van der Waals surface area contributed by atoms with Gasteiger partial charge in [0.1, 0.15) is 6.10 Å². The van der Waals surface area contributed by atoms with E-state index in [1.54, 1.807) is 6.92 Å². The largest absolute Gasteiger partial charge is 0.389 e. The molecule has 1 aliphatic rings. The number of aliphatic hydroxyl groups is 1. The molecule has 1 N–H and O–H groups in total. The third kappa shape index (κ3) is 8.78. The number of rotatable bonds is 10. The monoisotopic (exact) mass is 401 g/mol. The van der Waals surface area contributed by atoms with Gasteiger partial charge in [0.05, 0.1) is 25.2 Å². The Morgan fingerprint density at radius 3 is 2.20 bits per heavy atom. The zero-order valence-electron chi connectivity index (χ0n) is 15.6. The fourth-order valence-corrected chi connectivity index (χ4v) is 4.15. The first-order chi connectivity index (χ1) is 11.3. The SMILES string of the molecule is CC(COS(C)(=O)=O)C[C@H](OS(C)(=O)=O)C(O)C(C)N1CC[C@@H](C)C1. The van der Waals surface area contributed by atoms with Gasteiger partial charge in [-0.25, -0.2) is 0 Å². The maximum absolute atomic E-state index is 11.6. The molecular formula is C15H31NO7S2. The highest BCUT2D eigenvalue weighted by molar-refractivity contribution is 7.86. The van der Waals surface area contributed by atoms with E-state index in [9.17, 15) is 21.9 Å². The molecule has 1 heterocycles. The normalized spacial score (nSPS) is 24.8. The lowest BCUT2D eigenvalue weighted by Crippen LogP contribution is -2.48. The van der Waals surface area contributed by atoms with Gasteiger partial charge >= 0.3 is 0 Å². The fraction of sp³-hybridized carbons (Fsp3) is 1.00. The molecule has 150 valence electrons. The Hall–Kier alpha value is -0.260. The first-order valence-corrected chi connectivity index (χ1v) is 12.1. The molecule has 0 saturated carbocycles. The Morgan fingerprint density at radius 1 is 1.16 bits per heavy atom. The van der Waals surface area contributed by atoms with Crippen molar-refractivity contribution in [2.24, 2.45) is 11.8 Å². The predicted molar refractivity (Wildman–Crippen MR) is 95.1 cm³/mol. The lowest BCUT2D eigenvalue weighted by molar-refractivity contribution is -0.0242. The van der Waals surface area contributed by atoms with Gasteiger partial charge in [-0.15, -0.1) is 0 Å². The molecular weight excluding hydrogens is 370 g/mol. The molecule has 25 heavy (non-hydrogen) atoms. The Balaban J connectivity index is 2.77. The first-order valence-electron chi connectivity index (χ1n) is 8.43. The molecule has 0 aliphatic carbocycles. The van der Waals surface area contributed by atoms with Crippen LogP contribution < -0.4 is 0 Å². The minimum atomic E-state index is -3.76. The summed E-state index contributed by atoms with van der Waals surface area (Å²) in [7, 11) is -7.34. The van der Waals surface area contributed by atoms with Crippen LogP contribution in [0.5, 0.6) is 0 Å². The van der Waals surface area contributed by atoms with Gasteiger partial charge in [0.25, 0.3) is 20.2 Å². The van der Waals surface area contributed by atoms with Crippen molar-refractivity contribution < 1.29 is 30.3 Å². The van der Waals surface area contributed by atoms with Gasteiger partial charge in [0.15, 0.2) is 0 Å². The second-order valence-corrected chi connectivity index (χ2v) is 10.5. The second kappa shape index (κ2) is 9.09. The standard InChI is InChI=1S/C15H31NO7S2/c1-11-6-7-16(9-11)13(3)15(17)14(23-25(5,20)21)8-12(2)10-22-24(4,18)19/h11-15,17H,6-10H2,1-5H3/t11-,12?,13?,14+,15?/m1/s1. The van der Waals surface area contributed by atoms with E-state index in [-0.39, 0.29) is 25.0 Å². The molecule has 0 aromatic rings. The van der Waals surface area contributed by atoms with Crippen molar-refractivity contribution in [1.29, 1.82) is 0 Å². The summed E-state index contributed by atoms with van der Waals surface area (Å²) < 4.78 is 55.2. The van der Waals surface area contributed by atoms with Crippen LogP contribution in [0.25, 0.3) is 0 Å². The van der Waals surface area contributed by atoms with Crippen LogP contribution in [-0.4, -0.2) is 77.3 Å². The van der Waals surface area contributed by atoms with E-state index in [0.717, 1.165) is 32.0 Å². The molecule has 0 aromatic carbocycles. The minimum Gasteiger partial charge on any atom is -0.389 e. The molecule has 0 radical (unpaired) electrons. The van der Waals surface area contributed by atoms with Crippen LogP contribution in [0.1, 0.15) is 33.6 Å². The van der Waals surface area contributed by atoms with E-state index in [0.29, 0.717) is 5.92 Å². The fourth-order valence-electron chi connectivity index (χ4n) is 3.03. The minimum absolute atomic E-state index is 0.0930. The molecule has 0 aromatic heterocycles. The first kappa shape index (κ1) is 22.8. The molecule has 0 bridgehead atoms. The smallest absolute Gasteiger partial charge is 0.264 e. The van der Waals surface area contributed by atoms with Gasteiger partial charge in [0, 0.05) is 12.6 Å². The van der Waals surface area contributed by atoms with Gasteiger partial charge in [-0.3, -0.25) is 13.3 Å². The van der Waals surface area contributed by atoms with Crippen LogP contribution in [0.2, 0.25) is 0 Å². The molecule has 0 spiro atoms. The topological polar surface area (TPSA) is 110 Å². The number of nitrogens with zero attached hydrogens (tertiary/aromatic N) is 1. The molecule has 0 amide bonds. The summed E-state index contributed by atoms with van der Waals surface area (Å²) in [6, 6.07) is -0.264. The lowest BCUT2D eigenvalue weighted by Gasteiger charge is -2.33. The van der Waals surface area contributed by atoms with Gasteiger partial charge in [-0.05, 0) is 38.1 Å². The van der Waals surface area contributed by atoms with Crippen LogP contribution >= 0.6 is 0 Å². The summed E-state index contributed by atoms with van der Waals surface area (Å²) in [5.41, 5.74) is 0. The zero-order chi connectivity index (χ0) is 19.4. The van der Waals surface area contributed by atoms with Crippen molar-refractivity contribution in [1.82, 2.24) is 4.90 Å². The van der Waals surface area contributed by atoms with Crippen LogP contribution in [-0.2, 0) is 28.6 Å². The predicted octanol–water partition coefficient (Wildman–Crippen LogP) is 0.425. The van der Waals surface area contributed by atoms with E-state index in [1.807, 2.05) is 6.92 Å². The molecule has 1 fully saturated rings. The van der Waals surface area contributed by atoms with E-state index in [4.69, 9.17) is 8.37 Å². The summed E-state index contributed by atoms with van der Waals surface area (Å²) in [6.07, 6.45) is 1.12. The van der Waals surface area contributed by atoms with Gasteiger partial charge in [0.2, 0.25) is 0 Å². The number of likely N-dealkylation sites (tertiary alicyclic amines) is 1. The van der Waals surface area contributed by atoms with Crippen LogP contribution in [0.3, 0.4) is 0 Å². The van der Waals surface area contributed by atoms with E-state index in [1.165, 1.54) is 0 Å². The van der Waals surface area contributed by atoms with Gasteiger partial charge in [-0.1, -0.05) is 13.8 Å². The Bertz CT molecular complexity index is 620. The van der Waals surface area contributed by atoms with E-state index < -0.39 is 32.4 Å². The number of aliphatic hydroxyl groups excluding tert-OH is 1. The van der Waals surface area contributed by atoms with Crippen molar-refractivity contribution in [3.63, 3.8) is 0 Å². The summed E-state index contributed by atoms with van der Waals surface area (Å²) in [5, 5.41) is 10.7. The average molecular weight is 402 g/mol. The summed E-state index contributed by atoms with van der Waals surface area (Å²) in [4.78, 5) is 2.12. The highest BCUT2D eigenvalue weighted by Crippen LogP contribution is 2.24. The van der Waals surface area contributed by atoms with E-state index >= 15 is 0 Å². The molecule has 10 heteroatoms. The van der Waals surface area contributed by atoms with Crippen molar-refractivity contribution in [2.45, 2.75) is 51.9 Å². The second-order valence-electron chi connectivity index (χ2n) is 7.29. The lowest BCUT2D eigenvalue weighted by atomic mass is 9.96. The Labute approximate surface area is 151 Å². The van der Waals surface area contributed by atoms with Crippen LogP contribution in [0.15, 0.2) is 0 Å². The van der Waals surface area contributed by atoms with Crippen molar-refractivity contribution in [3.05, 3.63) is 0 Å². The number of hydrogen-bond donors (Lipinski definition) is 1. The summed E-state index contributed by atoms with van der Waals surface area (Å²) in [5.74, 6) is 0.229. The maximum atomic E-state index is 11.6. The molecule has 8 nitrogen and oxygen atoms in total. The quantitative estimate of drug-likeness (QED) is 0.525. The van der Waals surface area contributed by atoms with Crippen LogP contribution in [0.4, 0.5) is 0 Å². The third-order valence-corrected chi connectivity index (χ3v) is 5.57. The average Bonchev–Trinajstić information content (AvgIpc) is 2.87. The van der Waals surface area contributed by atoms with Gasteiger partial charge in [-0.2, -0.15) is 16.8 Å². The molecule has 3 unspecified atom stereocenters. The molecule has 1 rings (SSSR count). The Kier molecular flexibility index (Phi) is 8.29. The number of hydrogen-bond acceptors (Lipinski definition) is 8. The highest BCUT2D eigenvalue weighted by atomic mass is 32.2. The third-order valence-electron chi connectivity index (χ3n) is 4.41. The van der Waals surface area contributed by atoms with Crippen molar-refractivity contribution >= 4 is 20.2 Å². The maximum Gasteiger partial charge on any atom is 0.264 e. The molecule has 5 atom stereocenters. The molecule has 1 saturated heterocycles. The highest BCUT2D eigenvalue weighted by Gasteiger charge is 2.35. The zero-order valence-corrected chi connectivity index (χ0v) is 17.2.